The van der Waals surface area contributed by atoms with Gasteiger partial charge in [-0.2, -0.15) is 0 Å². The summed E-state index contributed by atoms with van der Waals surface area (Å²) in [6.45, 7) is 12.2. The van der Waals surface area contributed by atoms with Gasteiger partial charge in [0.2, 0.25) is 0 Å². The van der Waals surface area contributed by atoms with E-state index < -0.39 is 0 Å². The molecule has 3 heteroatoms. The van der Waals surface area contributed by atoms with Crippen LogP contribution in [-0.4, -0.2) is 62.2 Å². The molecule has 1 heterocycles. The van der Waals surface area contributed by atoms with E-state index in [2.05, 4.69) is 36.0 Å². The Balaban J connectivity index is 1.83. The summed E-state index contributed by atoms with van der Waals surface area (Å²) in [6.07, 6.45) is 5.40. The van der Waals surface area contributed by atoms with Crippen molar-refractivity contribution >= 4 is 0 Å². The average molecular weight is 253 g/mol. The number of nitrogens with one attached hydrogen (secondary N) is 1. The van der Waals surface area contributed by atoms with Crippen molar-refractivity contribution in [2.75, 3.05) is 46.3 Å². The van der Waals surface area contributed by atoms with Gasteiger partial charge in [0.25, 0.3) is 0 Å². The van der Waals surface area contributed by atoms with Crippen LogP contribution in [0.2, 0.25) is 0 Å². The monoisotopic (exact) mass is 253 g/mol. The van der Waals surface area contributed by atoms with Crippen LogP contribution in [0.4, 0.5) is 0 Å². The van der Waals surface area contributed by atoms with Crippen LogP contribution in [0, 0.1) is 5.41 Å². The van der Waals surface area contributed by atoms with E-state index in [1.807, 2.05) is 0 Å². The molecule has 0 atom stereocenters. The third kappa shape index (κ3) is 3.94. The molecule has 1 aliphatic heterocycles. The highest BCUT2D eigenvalue weighted by Crippen LogP contribution is 2.29. The van der Waals surface area contributed by atoms with Crippen LogP contribution in [0.1, 0.15) is 39.5 Å². The van der Waals surface area contributed by atoms with E-state index in [9.17, 15) is 0 Å². The van der Waals surface area contributed by atoms with E-state index in [1.165, 1.54) is 65.0 Å². The number of piperazine rings is 1. The van der Waals surface area contributed by atoms with E-state index in [0.29, 0.717) is 5.41 Å². The van der Waals surface area contributed by atoms with Gasteiger partial charge in [0.15, 0.2) is 0 Å². The number of hydrogen-bond donors (Lipinski definition) is 1. The second-order valence-electron chi connectivity index (χ2n) is 6.44. The molecule has 0 aromatic carbocycles. The molecule has 0 spiro atoms. The zero-order valence-corrected chi connectivity index (χ0v) is 12.5. The minimum atomic E-state index is 0.499. The molecular weight excluding hydrogens is 222 g/mol. The fourth-order valence-electron chi connectivity index (χ4n) is 2.91. The van der Waals surface area contributed by atoms with Crippen molar-refractivity contribution in [3.8, 4) is 0 Å². The first-order valence-electron chi connectivity index (χ1n) is 7.82. The molecule has 1 saturated heterocycles. The van der Waals surface area contributed by atoms with Gasteiger partial charge < -0.3 is 15.1 Å². The molecule has 106 valence electrons. The lowest BCUT2D eigenvalue weighted by molar-refractivity contribution is 0.0881. The van der Waals surface area contributed by atoms with Gasteiger partial charge in [0.05, 0.1) is 0 Å². The topological polar surface area (TPSA) is 18.5 Å². The Kier molecular flexibility index (Phi) is 5.05. The van der Waals surface area contributed by atoms with Gasteiger partial charge in [-0.3, -0.25) is 0 Å². The highest BCUT2D eigenvalue weighted by atomic mass is 15.2. The van der Waals surface area contributed by atoms with Crippen molar-refractivity contribution in [2.45, 2.75) is 45.6 Å². The molecule has 1 aliphatic carbocycles. The van der Waals surface area contributed by atoms with E-state index in [0.717, 1.165) is 6.04 Å². The highest BCUT2D eigenvalue weighted by Gasteiger charge is 2.32. The van der Waals surface area contributed by atoms with Gasteiger partial charge in [0.1, 0.15) is 0 Å². The van der Waals surface area contributed by atoms with E-state index in [1.54, 1.807) is 0 Å². The lowest BCUT2D eigenvalue weighted by Gasteiger charge is -2.41. The van der Waals surface area contributed by atoms with E-state index in [-0.39, 0.29) is 0 Å². The summed E-state index contributed by atoms with van der Waals surface area (Å²) >= 11 is 0. The highest BCUT2D eigenvalue weighted by molar-refractivity contribution is 4.89. The maximum Gasteiger partial charge on any atom is 0.0110 e. The second-order valence-corrected chi connectivity index (χ2v) is 6.44. The zero-order valence-electron chi connectivity index (χ0n) is 12.5. The predicted molar refractivity (Wildman–Crippen MR) is 78.0 cm³/mol. The van der Waals surface area contributed by atoms with Crippen molar-refractivity contribution in [3.05, 3.63) is 0 Å². The summed E-state index contributed by atoms with van der Waals surface area (Å²) in [5.74, 6) is 0. The molecule has 2 fully saturated rings. The van der Waals surface area contributed by atoms with Crippen molar-refractivity contribution in [2.24, 2.45) is 5.41 Å². The number of rotatable bonds is 7. The number of hydrogen-bond acceptors (Lipinski definition) is 3. The van der Waals surface area contributed by atoms with Crippen molar-refractivity contribution < 1.29 is 0 Å². The zero-order chi connectivity index (χ0) is 13.0. The SMILES string of the molecule is CCC(CC)(CNC1CC1)CN1CCN(C)CC1. The fraction of sp³-hybridized carbons (Fsp3) is 1.00. The molecule has 2 rings (SSSR count). The molecule has 18 heavy (non-hydrogen) atoms. The third-order valence-corrected chi connectivity index (χ3v) is 5.00. The van der Waals surface area contributed by atoms with Crippen LogP contribution < -0.4 is 5.32 Å². The Hall–Kier alpha value is -0.120. The smallest absolute Gasteiger partial charge is 0.0110 e. The summed E-state index contributed by atoms with van der Waals surface area (Å²) in [7, 11) is 2.24. The Morgan fingerprint density at radius 2 is 1.67 bits per heavy atom. The number of likely N-dealkylation sites (N-methyl/N-ethyl adjacent to an activating group) is 1. The molecule has 0 bridgehead atoms. The van der Waals surface area contributed by atoms with E-state index >= 15 is 0 Å². The molecular formula is C15H31N3. The van der Waals surface area contributed by atoms with Gasteiger partial charge in [-0.1, -0.05) is 13.8 Å². The van der Waals surface area contributed by atoms with Crippen LogP contribution in [-0.2, 0) is 0 Å². The largest absolute Gasteiger partial charge is 0.313 e. The molecule has 1 saturated carbocycles. The van der Waals surface area contributed by atoms with Gasteiger partial charge in [-0.25, -0.2) is 0 Å². The first kappa shape index (κ1) is 14.3. The summed E-state index contributed by atoms with van der Waals surface area (Å²) in [5, 5.41) is 3.76. The first-order valence-corrected chi connectivity index (χ1v) is 7.82. The van der Waals surface area contributed by atoms with Gasteiger partial charge in [0, 0.05) is 45.3 Å². The second kappa shape index (κ2) is 6.36. The lowest BCUT2D eigenvalue weighted by Crippen LogP contribution is -2.50. The minimum Gasteiger partial charge on any atom is -0.313 e. The maximum absolute atomic E-state index is 3.76. The number of nitrogens with zero attached hydrogens (tertiary/aromatic N) is 2. The fourth-order valence-corrected chi connectivity index (χ4v) is 2.91. The Morgan fingerprint density at radius 3 is 2.17 bits per heavy atom. The summed E-state index contributed by atoms with van der Waals surface area (Å²) in [6, 6.07) is 0.843. The average Bonchev–Trinajstić information content (AvgIpc) is 3.21. The standard InChI is InChI=1S/C15H31N3/c1-4-15(5-2,12-16-14-6-7-14)13-18-10-8-17(3)9-11-18/h14,16H,4-13H2,1-3H3. The lowest BCUT2D eigenvalue weighted by atomic mass is 9.81. The summed E-state index contributed by atoms with van der Waals surface area (Å²) < 4.78 is 0. The molecule has 0 aromatic heterocycles. The van der Waals surface area contributed by atoms with Crippen molar-refractivity contribution in [1.29, 1.82) is 0 Å². The molecule has 3 nitrogen and oxygen atoms in total. The Labute approximate surface area is 113 Å². The van der Waals surface area contributed by atoms with Gasteiger partial charge >= 0.3 is 0 Å². The van der Waals surface area contributed by atoms with E-state index in [4.69, 9.17) is 0 Å². The predicted octanol–water partition coefficient (Wildman–Crippen LogP) is 1.79. The van der Waals surface area contributed by atoms with Crippen LogP contribution >= 0.6 is 0 Å². The molecule has 0 aromatic rings. The molecule has 0 radical (unpaired) electrons. The minimum absolute atomic E-state index is 0.499. The summed E-state index contributed by atoms with van der Waals surface area (Å²) in [4.78, 5) is 5.13. The molecule has 1 N–H and O–H groups in total. The first-order chi connectivity index (χ1) is 8.67. The van der Waals surface area contributed by atoms with Gasteiger partial charge in [-0.15, -0.1) is 0 Å². The van der Waals surface area contributed by atoms with Crippen LogP contribution in [0.25, 0.3) is 0 Å². The van der Waals surface area contributed by atoms with Crippen LogP contribution in [0.15, 0.2) is 0 Å². The molecule has 2 aliphatic rings. The maximum atomic E-state index is 3.76. The Bertz CT molecular complexity index is 238. The van der Waals surface area contributed by atoms with Crippen molar-refractivity contribution in [3.63, 3.8) is 0 Å². The molecule has 0 unspecified atom stereocenters. The van der Waals surface area contributed by atoms with Gasteiger partial charge in [-0.05, 0) is 38.1 Å². The quantitative estimate of drug-likeness (QED) is 0.746. The van der Waals surface area contributed by atoms with Crippen LogP contribution in [0.5, 0.6) is 0 Å². The third-order valence-electron chi connectivity index (χ3n) is 5.00. The normalized spacial score (nSPS) is 23.5. The summed E-state index contributed by atoms with van der Waals surface area (Å²) in [5.41, 5.74) is 0.499. The molecule has 0 amide bonds. The van der Waals surface area contributed by atoms with Crippen molar-refractivity contribution in [1.82, 2.24) is 15.1 Å². The Morgan fingerprint density at radius 1 is 1.06 bits per heavy atom. The van der Waals surface area contributed by atoms with Crippen LogP contribution in [0.3, 0.4) is 0 Å².